The van der Waals surface area contributed by atoms with Crippen LogP contribution >= 0.6 is 0 Å². The van der Waals surface area contributed by atoms with Crippen LogP contribution in [0.3, 0.4) is 0 Å². The van der Waals surface area contributed by atoms with Crippen molar-refractivity contribution in [3.05, 3.63) is 30.1 Å². The lowest BCUT2D eigenvalue weighted by atomic mass is 10.1. The Hall–Kier alpha value is -0.930. The first kappa shape index (κ1) is 10.6. The van der Waals surface area contributed by atoms with E-state index in [1.807, 2.05) is 25.4 Å². The summed E-state index contributed by atoms with van der Waals surface area (Å²) in [5.41, 5.74) is 1.65. The van der Waals surface area contributed by atoms with Gasteiger partial charge >= 0.3 is 0 Å². The molecule has 0 aromatic carbocycles. The van der Waals surface area contributed by atoms with E-state index in [0.29, 0.717) is 5.41 Å². The second-order valence-corrected chi connectivity index (χ2v) is 4.45. The Kier molecular flexibility index (Phi) is 3.34. The van der Waals surface area contributed by atoms with Crippen molar-refractivity contribution >= 4 is 0 Å². The molecule has 3 heteroatoms. The van der Waals surface area contributed by atoms with E-state index in [-0.39, 0.29) is 0 Å². The van der Waals surface area contributed by atoms with Crippen molar-refractivity contribution < 1.29 is 0 Å². The number of nitrogens with one attached hydrogen (secondary N) is 2. The number of hydrogen-bond donors (Lipinski definition) is 2. The van der Waals surface area contributed by atoms with Crippen LogP contribution in [0.2, 0.25) is 0 Å². The standard InChI is InChI=1S/C12H19N3/c1-13-9-12(5-6-12)10-14-8-11-4-2-3-7-15-11/h2-4,7,13-14H,5-6,8-10H2,1H3. The minimum absolute atomic E-state index is 0.531. The van der Waals surface area contributed by atoms with Crippen LogP contribution in [-0.4, -0.2) is 25.1 Å². The highest BCUT2D eigenvalue weighted by Crippen LogP contribution is 2.44. The number of hydrogen-bond acceptors (Lipinski definition) is 3. The van der Waals surface area contributed by atoms with Crippen molar-refractivity contribution in [1.82, 2.24) is 15.6 Å². The molecule has 82 valence electrons. The minimum Gasteiger partial charge on any atom is -0.319 e. The molecule has 2 N–H and O–H groups in total. The van der Waals surface area contributed by atoms with Crippen molar-refractivity contribution in [3.63, 3.8) is 0 Å². The second-order valence-electron chi connectivity index (χ2n) is 4.45. The van der Waals surface area contributed by atoms with Crippen molar-refractivity contribution in [2.24, 2.45) is 5.41 Å². The molecule has 1 aliphatic rings. The Morgan fingerprint density at radius 1 is 1.33 bits per heavy atom. The first-order valence-electron chi connectivity index (χ1n) is 5.60. The Bertz CT molecular complexity index is 293. The molecule has 1 heterocycles. The van der Waals surface area contributed by atoms with Crippen molar-refractivity contribution in [3.8, 4) is 0 Å². The van der Waals surface area contributed by atoms with E-state index in [4.69, 9.17) is 0 Å². The number of nitrogens with zero attached hydrogens (tertiary/aromatic N) is 1. The van der Waals surface area contributed by atoms with Gasteiger partial charge in [0.25, 0.3) is 0 Å². The van der Waals surface area contributed by atoms with E-state index < -0.39 is 0 Å². The van der Waals surface area contributed by atoms with Gasteiger partial charge in [-0.15, -0.1) is 0 Å². The smallest absolute Gasteiger partial charge is 0.0541 e. The molecule has 0 amide bonds. The highest BCUT2D eigenvalue weighted by atomic mass is 14.9. The molecule has 1 aliphatic carbocycles. The quantitative estimate of drug-likeness (QED) is 0.732. The van der Waals surface area contributed by atoms with Crippen LogP contribution in [0.4, 0.5) is 0 Å². The van der Waals surface area contributed by atoms with Gasteiger partial charge in [0.05, 0.1) is 5.69 Å². The summed E-state index contributed by atoms with van der Waals surface area (Å²) in [6.45, 7) is 3.11. The highest BCUT2D eigenvalue weighted by Gasteiger charge is 2.41. The van der Waals surface area contributed by atoms with Crippen LogP contribution in [-0.2, 0) is 6.54 Å². The van der Waals surface area contributed by atoms with Crippen molar-refractivity contribution in [1.29, 1.82) is 0 Å². The molecule has 0 radical (unpaired) electrons. The molecule has 15 heavy (non-hydrogen) atoms. The Morgan fingerprint density at radius 3 is 2.80 bits per heavy atom. The lowest BCUT2D eigenvalue weighted by molar-refractivity contribution is 0.437. The summed E-state index contributed by atoms with van der Waals surface area (Å²) < 4.78 is 0. The summed E-state index contributed by atoms with van der Waals surface area (Å²) in [6, 6.07) is 6.04. The molecular weight excluding hydrogens is 186 g/mol. The Balaban J connectivity index is 1.71. The molecule has 0 saturated heterocycles. The second kappa shape index (κ2) is 4.73. The molecule has 0 atom stereocenters. The summed E-state index contributed by atoms with van der Waals surface area (Å²) in [4.78, 5) is 4.29. The van der Waals surface area contributed by atoms with Gasteiger partial charge in [-0.2, -0.15) is 0 Å². The zero-order chi connectivity index (χ0) is 10.6. The van der Waals surface area contributed by atoms with E-state index in [1.165, 1.54) is 12.8 Å². The molecule has 1 saturated carbocycles. The fourth-order valence-electron chi connectivity index (χ4n) is 1.93. The van der Waals surface area contributed by atoms with Gasteiger partial charge in [0, 0.05) is 25.8 Å². The zero-order valence-corrected chi connectivity index (χ0v) is 9.29. The molecule has 1 aromatic heterocycles. The van der Waals surface area contributed by atoms with E-state index in [2.05, 4.69) is 21.7 Å². The average molecular weight is 205 g/mol. The molecule has 2 rings (SSSR count). The fourth-order valence-corrected chi connectivity index (χ4v) is 1.93. The van der Waals surface area contributed by atoms with Gasteiger partial charge in [0.2, 0.25) is 0 Å². The Morgan fingerprint density at radius 2 is 2.20 bits per heavy atom. The lowest BCUT2D eigenvalue weighted by Gasteiger charge is -2.14. The van der Waals surface area contributed by atoms with Crippen LogP contribution in [0.5, 0.6) is 0 Å². The maximum atomic E-state index is 4.29. The molecule has 1 fully saturated rings. The first-order chi connectivity index (χ1) is 7.35. The molecule has 0 aliphatic heterocycles. The fraction of sp³-hybridized carbons (Fsp3) is 0.583. The van der Waals surface area contributed by atoms with Crippen LogP contribution < -0.4 is 10.6 Å². The van der Waals surface area contributed by atoms with Crippen LogP contribution in [0, 0.1) is 5.41 Å². The van der Waals surface area contributed by atoms with Crippen molar-refractivity contribution in [2.45, 2.75) is 19.4 Å². The molecular formula is C12H19N3. The predicted molar refractivity (Wildman–Crippen MR) is 61.5 cm³/mol. The number of rotatable bonds is 6. The Labute approximate surface area is 91.3 Å². The highest BCUT2D eigenvalue weighted by molar-refractivity contribution is 5.04. The third kappa shape index (κ3) is 3.01. The third-order valence-electron chi connectivity index (χ3n) is 3.04. The van der Waals surface area contributed by atoms with E-state index >= 15 is 0 Å². The van der Waals surface area contributed by atoms with Gasteiger partial charge < -0.3 is 10.6 Å². The molecule has 1 aromatic rings. The van der Waals surface area contributed by atoms with Crippen LogP contribution in [0.1, 0.15) is 18.5 Å². The monoisotopic (exact) mass is 205 g/mol. The summed E-state index contributed by atoms with van der Waals surface area (Å²) in [6.07, 6.45) is 4.55. The normalized spacial score (nSPS) is 17.7. The molecule has 0 unspecified atom stereocenters. The molecule has 3 nitrogen and oxygen atoms in total. The van der Waals surface area contributed by atoms with Gasteiger partial charge in [-0.1, -0.05) is 6.07 Å². The first-order valence-corrected chi connectivity index (χ1v) is 5.60. The largest absolute Gasteiger partial charge is 0.319 e. The molecule has 0 bridgehead atoms. The van der Waals surface area contributed by atoms with E-state index in [1.54, 1.807) is 0 Å². The maximum Gasteiger partial charge on any atom is 0.0541 e. The summed E-state index contributed by atoms with van der Waals surface area (Å²) in [5.74, 6) is 0. The third-order valence-corrected chi connectivity index (χ3v) is 3.04. The van der Waals surface area contributed by atoms with E-state index in [0.717, 1.165) is 25.3 Å². The van der Waals surface area contributed by atoms with Gasteiger partial charge in [0.1, 0.15) is 0 Å². The summed E-state index contributed by atoms with van der Waals surface area (Å²) in [7, 11) is 2.03. The van der Waals surface area contributed by atoms with Gasteiger partial charge in [-0.05, 0) is 37.4 Å². The average Bonchev–Trinajstić information content (AvgIpc) is 3.00. The van der Waals surface area contributed by atoms with Crippen LogP contribution in [0.15, 0.2) is 24.4 Å². The minimum atomic E-state index is 0.531. The SMILES string of the molecule is CNCC1(CNCc2ccccn2)CC1. The topological polar surface area (TPSA) is 37.0 Å². The van der Waals surface area contributed by atoms with Gasteiger partial charge in [-0.25, -0.2) is 0 Å². The van der Waals surface area contributed by atoms with Crippen LogP contribution in [0.25, 0.3) is 0 Å². The zero-order valence-electron chi connectivity index (χ0n) is 9.29. The van der Waals surface area contributed by atoms with Crippen molar-refractivity contribution in [2.75, 3.05) is 20.1 Å². The maximum absolute atomic E-state index is 4.29. The van der Waals surface area contributed by atoms with Gasteiger partial charge in [-0.3, -0.25) is 4.98 Å². The number of aromatic nitrogens is 1. The van der Waals surface area contributed by atoms with E-state index in [9.17, 15) is 0 Å². The summed E-state index contributed by atoms with van der Waals surface area (Å²) in [5, 5.41) is 6.75. The molecule has 0 spiro atoms. The lowest BCUT2D eigenvalue weighted by Crippen LogP contribution is -2.31. The van der Waals surface area contributed by atoms with Gasteiger partial charge in [0.15, 0.2) is 0 Å². The number of pyridine rings is 1. The predicted octanol–water partition coefficient (Wildman–Crippen LogP) is 1.17. The summed E-state index contributed by atoms with van der Waals surface area (Å²) >= 11 is 0.